The minimum atomic E-state index is 0.178. The molecule has 0 aliphatic heterocycles. The molecule has 0 bridgehead atoms. The molecule has 0 aliphatic carbocycles. The zero-order chi connectivity index (χ0) is 8.04. The highest BCUT2D eigenvalue weighted by Gasteiger charge is 2.10. The molecule has 58 valence electrons. The predicted molar refractivity (Wildman–Crippen MR) is 44.7 cm³/mol. The fourth-order valence-electron chi connectivity index (χ4n) is 0.692. The van der Waals surface area contributed by atoms with E-state index < -0.39 is 0 Å². The molecule has 0 unspecified atom stereocenters. The van der Waals surface area contributed by atoms with Crippen LogP contribution < -0.4 is 0 Å². The first kappa shape index (κ1) is 9.28. The van der Waals surface area contributed by atoms with Crippen LogP contribution in [0.1, 0.15) is 20.3 Å². The van der Waals surface area contributed by atoms with E-state index in [1.807, 2.05) is 12.2 Å². The summed E-state index contributed by atoms with van der Waals surface area (Å²) in [6, 6.07) is 0. The Balaban J connectivity index is 3.84. The molecule has 0 rings (SSSR count). The average molecular weight is 140 g/mol. The molecule has 1 heteroatoms. The second-order valence-corrected chi connectivity index (χ2v) is 3.02. The monoisotopic (exact) mass is 140 g/mol. The molecular formula is C9H16O. The first-order valence-corrected chi connectivity index (χ1v) is 3.44. The van der Waals surface area contributed by atoms with E-state index in [1.54, 1.807) is 13.4 Å². The molecule has 0 saturated heterocycles. The zero-order valence-electron chi connectivity index (χ0n) is 7.05. The van der Waals surface area contributed by atoms with Crippen LogP contribution in [0.5, 0.6) is 0 Å². The van der Waals surface area contributed by atoms with Crippen LogP contribution in [0.25, 0.3) is 0 Å². The third-order valence-electron chi connectivity index (χ3n) is 1.33. The molecule has 0 aromatic rings. The summed E-state index contributed by atoms with van der Waals surface area (Å²) >= 11 is 0. The molecular weight excluding hydrogens is 124 g/mol. The van der Waals surface area contributed by atoms with E-state index >= 15 is 0 Å². The van der Waals surface area contributed by atoms with Crippen molar-refractivity contribution in [2.45, 2.75) is 20.3 Å². The van der Waals surface area contributed by atoms with Crippen LogP contribution >= 0.6 is 0 Å². The highest BCUT2D eigenvalue weighted by molar-refractivity contribution is 4.94. The normalized spacial score (nSPS) is 11.9. The van der Waals surface area contributed by atoms with Crippen molar-refractivity contribution in [1.82, 2.24) is 0 Å². The van der Waals surface area contributed by atoms with Crippen LogP contribution in [0.4, 0.5) is 0 Å². The lowest BCUT2D eigenvalue weighted by Crippen LogP contribution is -2.04. The lowest BCUT2D eigenvalue weighted by Gasteiger charge is -2.16. The van der Waals surface area contributed by atoms with Crippen molar-refractivity contribution in [3.63, 3.8) is 0 Å². The third-order valence-corrected chi connectivity index (χ3v) is 1.33. The van der Waals surface area contributed by atoms with Crippen molar-refractivity contribution in [2.75, 3.05) is 7.11 Å². The molecule has 0 radical (unpaired) electrons. The molecule has 0 aromatic heterocycles. The zero-order valence-corrected chi connectivity index (χ0v) is 7.05. The summed E-state index contributed by atoms with van der Waals surface area (Å²) < 4.78 is 4.81. The lowest BCUT2D eigenvalue weighted by molar-refractivity contribution is 0.326. The van der Waals surface area contributed by atoms with Gasteiger partial charge in [-0.3, -0.25) is 0 Å². The number of hydrogen-bond acceptors (Lipinski definition) is 1. The van der Waals surface area contributed by atoms with Crippen LogP contribution in [-0.4, -0.2) is 7.11 Å². The second kappa shape index (κ2) is 4.15. The number of hydrogen-bond donors (Lipinski definition) is 0. The van der Waals surface area contributed by atoms with Gasteiger partial charge < -0.3 is 4.74 Å². The Hall–Kier alpha value is -0.720. The molecule has 0 aromatic carbocycles. The molecule has 0 fully saturated rings. The first-order valence-electron chi connectivity index (χ1n) is 3.44. The molecule has 0 atom stereocenters. The summed E-state index contributed by atoms with van der Waals surface area (Å²) in [6.07, 6.45) is 6.64. The van der Waals surface area contributed by atoms with Crippen LogP contribution in [0.15, 0.2) is 25.0 Å². The molecule has 0 amide bonds. The van der Waals surface area contributed by atoms with Crippen LogP contribution in [0.2, 0.25) is 0 Å². The van der Waals surface area contributed by atoms with Gasteiger partial charge in [0.05, 0.1) is 13.4 Å². The van der Waals surface area contributed by atoms with Gasteiger partial charge in [-0.15, -0.1) is 6.58 Å². The van der Waals surface area contributed by atoms with E-state index in [0.717, 1.165) is 6.42 Å². The highest BCUT2D eigenvalue weighted by Crippen LogP contribution is 2.21. The summed E-state index contributed by atoms with van der Waals surface area (Å²) in [6.45, 7) is 7.97. The quantitative estimate of drug-likeness (QED) is 0.431. The van der Waals surface area contributed by atoms with Gasteiger partial charge in [-0.1, -0.05) is 19.9 Å². The molecule has 0 N–H and O–H groups in total. The Morgan fingerprint density at radius 3 is 2.50 bits per heavy atom. The highest BCUT2D eigenvalue weighted by atomic mass is 16.5. The predicted octanol–water partition coefficient (Wildman–Crippen LogP) is 2.75. The summed E-state index contributed by atoms with van der Waals surface area (Å²) in [5.74, 6) is 0. The second-order valence-electron chi connectivity index (χ2n) is 3.02. The minimum Gasteiger partial charge on any atom is -0.505 e. The van der Waals surface area contributed by atoms with Crippen molar-refractivity contribution in [3.8, 4) is 0 Å². The van der Waals surface area contributed by atoms with E-state index in [2.05, 4.69) is 20.4 Å². The van der Waals surface area contributed by atoms with Gasteiger partial charge in [0.1, 0.15) is 0 Å². The van der Waals surface area contributed by atoms with Crippen LogP contribution in [0, 0.1) is 5.41 Å². The standard InChI is InChI=1S/C9H16O/c1-5-6-9(2,3)7-8-10-4/h5,7-8H,1,6H2,2-4H3. The Morgan fingerprint density at radius 2 is 2.10 bits per heavy atom. The van der Waals surface area contributed by atoms with Gasteiger partial charge in [0.25, 0.3) is 0 Å². The Morgan fingerprint density at radius 1 is 1.50 bits per heavy atom. The molecule has 0 saturated carbocycles. The number of rotatable bonds is 4. The Kier molecular flexibility index (Phi) is 3.85. The maximum absolute atomic E-state index is 4.81. The first-order chi connectivity index (χ1) is 4.62. The SMILES string of the molecule is C=CCC(C)(C)C=COC. The van der Waals surface area contributed by atoms with Crippen molar-refractivity contribution < 1.29 is 4.74 Å². The molecule has 0 heterocycles. The lowest BCUT2D eigenvalue weighted by atomic mass is 9.90. The Bertz CT molecular complexity index is 123. The van der Waals surface area contributed by atoms with Gasteiger partial charge in [0.15, 0.2) is 0 Å². The Labute approximate surface area is 63.4 Å². The molecule has 0 spiro atoms. The number of methoxy groups -OCH3 is 1. The fraction of sp³-hybridized carbons (Fsp3) is 0.556. The smallest absolute Gasteiger partial charge is 0.0790 e. The maximum atomic E-state index is 4.81. The van der Waals surface area contributed by atoms with Gasteiger partial charge in [-0.2, -0.15) is 0 Å². The van der Waals surface area contributed by atoms with Gasteiger partial charge in [-0.05, 0) is 17.9 Å². The van der Waals surface area contributed by atoms with Crippen LogP contribution in [-0.2, 0) is 4.74 Å². The van der Waals surface area contributed by atoms with Crippen molar-refractivity contribution in [1.29, 1.82) is 0 Å². The van der Waals surface area contributed by atoms with Gasteiger partial charge in [0.2, 0.25) is 0 Å². The van der Waals surface area contributed by atoms with E-state index in [1.165, 1.54) is 0 Å². The summed E-state index contributed by atoms with van der Waals surface area (Å²) in [5, 5.41) is 0. The maximum Gasteiger partial charge on any atom is 0.0790 e. The largest absolute Gasteiger partial charge is 0.505 e. The van der Waals surface area contributed by atoms with Gasteiger partial charge in [-0.25, -0.2) is 0 Å². The van der Waals surface area contributed by atoms with E-state index in [0.29, 0.717) is 0 Å². The summed E-state index contributed by atoms with van der Waals surface area (Å²) in [5.41, 5.74) is 0.178. The average Bonchev–Trinajstić information content (AvgIpc) is 1.84. The topological polar surface area (TPSA) is 9.23 Å². The van der Waals surface area contributed by atoms with E-state index in [-0.39, 0.29) is 5.41 Å². The van der Waals surface area contributed by atoms with E-state index in [4.69, 9.17) is 4.74 Å². The molecule has 0 aliphatic rings. The summed E-state index contributed by atoms with van der Waals surface area (Å²) in [4.78, 5) is 0. The van der Waals surface area contributed by atoms with Crippen molar-refractivity contribution in [3.05, 3.63) is 25.0 Å². The third kappa shape index (κ3) is 4.19. The van der Waals surface area contributed by atoms with Crippen LogP contribution in [0.3, 0.4) is 0 Å². The van der Waals surface area contributed by atoms with Crippen molar-refractivity contribution in [2.24, 2.45) is 5.41 Å². The van der Waals surface area contributed by atoms with Crippen molar-refractivity contribution >= 4 is 0 Å². The number of ether oxygens (including phenoxy) is 1. The fourth-order valence-corrected chi connectivity index (χ4v) is 0.692. The molecule has 1 nitrogen and oxygen atoms in total. The number of allylic oxidation sites excluding steroid dienone is 2. The minimum absolute atomic E-state index is 0.178. The summed E-state index contributed by atoms with van der Waals surface area (Å²) in [7, 11) is 1.65. The van der Waals surface area contributed by atoms with Gasteiger partial charge in [0, 0.05) is 0 Å². The molecule has 10 heavy (non-hydrogen) atoms. The van der Waals surface area contributed by atoms with E-state index in [9.17, 15) is 0 Å². The van der Waals surface area contributed by atoms with Gasteiger partial charge >= 0.3 is 0 Å².